The molecule has 1 saturated heterocycles. The van der Waals surface area contributed by atoms with Crippen LogP contribution in [0.5, 0.6) is 0 Å². The molecule has 4 aliphatic carbocycles. The molecule has 0 aromatic carbocycles. The lowest BCUT2D eigenvalue weighted by Crippen LogP contribution is -2.37. The lowest BCUT2D eigenvalue weighted by molar-refractivity contribution is -0.147. The van der Waals surface area contributed by atoms with Gasteiger partial charge in [-0.15, -0.1) is 0 Å². The molecule has 4 saturated carbocycles. The van der Waals surface area contributed by atoms with Crippen molar-refractivity contribution in [2.75, 3.05) is 6.54 Å². The Morgan fingerprint density at radius 1 is 1.09 bits per heavy atom. The molecule has 1 N–H and O–H groups in total. The van der Waals surface area contributed by atoms with E-state index in [1.54, 1.807) is 0 Å². The molecule has 0 amide bonds. The van der Waals surface area contributed by atoms with Crippen LogP contribution in [0.3, 0.4) is 0 Å². The number of nitrogens with one attached hydrogen (secondary N) is 1. The second kappa shape index (κ2) is 4.74. The first-order chi connectivity index (χ1) is 11.0. The van der Waals surface area contributed by atoms with Gasteiger partial charge in [0.15, 0.2) is 0 Å². The molecule has 23 heavy (non-hydrogen) atoms. The van der Waals surface area contributed by atoms with Gasteiger partial charge in [0.1, 0.15) is 6.10 Å². The van der Waals surface area contributed by atoms with Crippen molar-refractivity contribution in [1.29, 1.82) is 0 Å². The number of carbonyl (C=O) groups excluding carboxylic acids is 1. The summed E-state index contributed by atoms with van der Waals surface area (Å²) in [5.74, 6) is 2.25. The van der Waals surface area contributed by atoms with Crippen LogP contribution in [-0.2, 0) is 9.53 Å². The minimum Gasteiger partial charge on any atom is -0.461 e. The van der Waals surface area contributed by atoms with Crippen LogP contribution in [0, 0.1) is 34.5 Å². The summed E-state index contributed by atoms with van der Waals surface area (Å²) < 4.78 is 6.12. The molecule has 0 radical (unpaired) electrons. The van der Waals surface area contributed by atoms with Crippen molar-refractivity contribution in [3.8, 4) is 0 Å². The maximum atomic E-state index is 12.6. The smallest absolute Gasteiger partial charge is 0.310 e. The van der Waals surface area contributed by atoms with Gasteiger partial charge in [-0.05, 0) is 68.1 Å². The molecule has 0 aromatic heterocycles. The van der Waals surface area contributed by atoms with E-state index in [1.165, 1.54) is 51.4 Å². The molecule has 0 unspecified atom stereocenters. The highest BCUT2D eigenvalue weighted by molar-refractivity contribution is 5.75. The fraction of sp³-hybridized carbons (Fsp3) is 0.950. The average Bonchev–Trinajstić information content (AvgIpc) is 3.38. The van der Waals surface area contributed by atoms with E-state index in [1.807, 2.05) is 0 Å². The summed E-state index contributed by atoms with van der Waals surface area (Å²) in [7, 11) is 0. The van der Waals surface area contributed by atoms with Crippen LogP contribution in [0.4, 0.5) is 0 Å². The van der Waals surface area contributed by atoms with Crippen LogP contribution in [0.1, 0.15) is 65.2 Å². The third-order valence-electron chi connectivity index (χ3n) is 8.23. The summed E-state index contributed by atoms with van der Waals surface area (Å²) >= 11 is 0. The summed E-state index contributed by atoms with van der Waals surface area (Å²) in [5.41, 5.74) is 1.23. The lowest BCUT2D eigenvalue weighted by Gasteiger charge is -2.33. The van der Waals surface area contributed by atoms with Gasteiger partial charge in [-0.2, -0.15) is 0 Å². The van der Waals surface area contributed by atoms with Crippen molar-refractivity contribution in [2.45, 2.75) is 77.4 Å². The Bertz CT molecular complexity index is 520. The minimum absolute atomic E-state index is 0.0985. The summed E-state index contributed by atoms with van der Waals surface area (Å²) in [6, 6.07) is 0.441. The van der Waals surface area contributed by atoms with Gasteiger partial charge < -0.3 is 10.1 Å². The van der Waals surface area contributed by atoms with Gasteiger partial charge in [0.25, 0.3) is 0 Å². The first-order valence-corrected chi connectivity index (χ1v) is 9.99. The molecule has 5 fully saturated rings. The maximum absolute atomic E-state index is 12.6. The molecule has 128 valence electrons. The molecule has 3 heteroatoms. The first-order valence-electron chi connectivity index (χ1n) is 9.99. The Morgan fingerprint density at radius 3 is 2.43 bits per heavy atom. The molecule has 0 bridgehead atoms. The fourth-order valence-electron chi connectivity index (χ4n) is 6.66. The molecular weight excluding hydrogens is 286 g/mol. The lowest BCUT2D eigenvalue weighted by atomic mass is 9.73. The predicted molar refractivity (Wildman–Crippen MR) is 88.8 cm³/mol. The summed E-state index contributed by atoms with van der Waals surface area (Å²) in [5, 5.41) is 3.50. The second-order valence-corrected chi connectivity index (χ2v) is 9.67. The molecule has 0 aromatic rings. The van der Waals surface area contributed by atoms with E-state index < -0.39 is 0 Å². The van der Waals surface area contributed by atoms with Gasteiger partial charge in [-0.3, -0.25) is 4.79 Å². The molecular formula is C20H31NO2. The van der Waals surface area contributed by atoms with Gasteiger partial charge in [-0.25, -0.2) is 0 Å². The highest BCUT2D eigenvalue weighted by Crippen LogP contribution is 2.74. The Labute approximate surface area is 139 Å². The van der Waals surface area contributed by atoms with E-state index in [0.717, 1.165) is 12.5 Å². The maximum Gasteiger partial charge on any atom is 0.310 e. The van der Waals surface area contributed by atoms with Crippen LogP contribution in [0.2, 0.25) is 0 Å². The Hall–Kier alpha value is -0.570. The molecule has 2 spiro atoms. The molecule has 5 rings (SSSR count). The Morgan fingerprint density at radius 2 is 1.78 bits per heavy atom. The zero-order valence-electron chi connectivity index (χ0n) is 14.6. The molecule has 1 aliphatic heterocycles. The monoisotopic (exact) mass is 317 g/mol. The van der Waals surface area contributed by atoms with Gasteiger partial charge >= 0.3 is 5.97 Å². The van der Waals surface area contributed by atoms with Gasteiger partial charge in [-0.1, -0.05) is 13.8 Å². The van der Waals surface area contributed by atoms with Crippen molar-refractivity contribution in [3.63, 3.8) is 0 Å². The van der Waals surface area contributed by atoms with Crippen LogP contribution >= 0.6 is 0 Å². The van der Waals surface area contributed by atoms with E-state index in [9.17, 15) is 4.79 Å². The highest BCUT2D eigenvalue weighted by Gasteiger charge is 2.69. The quantitative estimate of drug-likeness (QED) is 0.809. The van der Waals surface area contributed by atoms with E-state index in [4.69, 9.17) is 4.74 Å². The molecule has 5 atom stereocenters. The molecule has 3 nitrogen and oxygen atoms in total. The average molecular weight is 317 g/mol. The molecule has 5 aliphatic rings. The van der Waals surface area contributed by atoms with E-state index in [2.05, 4.69) is 19.2 Å². The number of ether oxygens (including phenoxy) is 1. The number of carbonyl (C=O) groups is 1. The Kier molecular flexibility index (Phi) is 3.04. The van der Waals surface area contributed by atoms with Gasteiger partial charge in [0, 0.05) is 24.4 Å². The van der Waals surface area contributed by atoms with Crippen LogP contribution in [0.25, 0.3) is 0 Å². The number of hydrogen-bond acceptors (Lipinski definition) is 3. The van der Waals surface area contributed by atoms with E-state index in [-0.39, 0.29) is 18.0 Å². The third-order valence-corrected chi connectivity index (χ3v) is 8.23. The normalized spacial score (nSPS) is 45.0. The summed E-state index contributed by atoms with van der Waals surface area (Å²) in [4.78, 5) is 12.6. The third kappa shape index (κ3) is 2.08. The van der Waals surface area contributed by atoms with E-state index in [0.29, 0.717) is 28.7 Å². The highest BCUT2D eigenvalue weighted by atomic mass is 16.6. The summed E-state index contributed by atoms with van der Waals surface area (Å²) in [6.07, 6.45) is 11.4. The van der Waals surface area contributed by atoms with Gasteiger partial charge in [0.2, 0.25) is 0 Å². The number of rotatable bonds is 3. The van der Waals surface area contributed by atoms with Crippen molar-refractivity contribution >= 4 is 5.97 Å². The van der Waals surface area contributed by atoms with Crippen LogP contribution in [0.15, 0.2) is 0 Å². The zero-order valence-corrected chi connectivity index (χ0v) is 14.6. The van der Waals surface area contributed by atoms with E-state index >= 15 is 0 Å². The number of hydrogen-bond donors (Lipinski definition) is 1. The number of esters is 1. The fourth-order valence-corrected chi connectivity index (χ4v) is 6.66. The first kappa shape index (κ1) is 14.7. The van der Waals surface area contributed by atoms with Crippen molar-refractivity contribution < 1.29 is 9.53 Å². The second-order valence-electron chi connectivity index (χ2n) is 9.67. The predicted octanol–water partition coefficient (Wildman–Crippen LogP) is 3.52. The van der Waals surface area contributed by atoms with Crippen LogP contribution < -0.4 is 5.32 Å². The Balaban J connectivity index is 1.45. The topological polar surface area (TPSA) is 38.3 Å². The summed E-state index contributed by atoms with van der Waals surface area (Å²) in [6.45, 7) is 5.14. The standard InChI is InChI=1S/C20H31NO2/c1-12(2)21-11-14-13-3-5-19(7-8-19)15-4-6-20(9-10-20)16(15)17(13)23-18(14)22/h12-17,21H,3-11H2,1-2H3/t13-,14-,15+,16-,17-/m0/s1. The zero-order chi connectivity index (χ0) is 15.8. The molecule has 1 heterocycles. The van der Waals surface area contributed by atoms with Crippen molar-refractivity contribution in [2.24, 2.45) is 34.5 Å². The number of fused-ring (bicyclic) bond motifs is 5. The van der Waals surface area contributed by atoms with Crippen molar-refractivity contribution in [1.82, 2.24) is 5.32 Å². The SMILES string of the molecule is CC(C)NC[C@@H]1C(=O)O[C@H]2[C@H]1CCC1(CC1)[C@@H]1CCC3(CC3)[C@H]21. The largest absolute Gasteiger partial charge is 0.461 e. The van der Waals surface area contributed by atoms with Gasteiger partial charge in [0.05, 0.1) is 5.92 Å². The van der Waals surface area contributed by atoms with Crippen LogP contribution in [-0.4, -0.2) is 24.7 Å². The van der Waals surface area contributed by atoms with Crippen molar-refractivity contribution in [3.05, 3.63) is 0 Å². The minimum atomic E-state index is 0.0985.